The average Bonchev–Trinajstić information content (AvgIpc) is 2.56. The highest BCUT2D eigenvalue weighted by molar-refractivity contribution is 7.97. The van der Waals surface area contributed by atoms with E-state index < -0.39 is 17.8 Å². The van der Waals surface area contributed by atoms with Gasteiger partial charge in [-0.1, -0.05) is 12.1 Å². The number of thioether (sulfide) groups is 1. The number of carboxylic acids is 1. The fraction of sp³-hybridized carbons (Fsp3) is 0.176. The molecule has 0 spiro atoms. The molecule has 0 saturated heterocycles. The Morgan fingerprint density at radius 2 is 1.96 bits per heavy atom. The van der Waals surface area contributed by atoms with E-state index in [0.29, 0.717) is 11.3 Å². The summed E-state index contributed by atoms with van der Waals surface area (Å²) in [4.78, 5) is 23.4. The molecule has 0 aromatic heterocycles. The van der Waals surface area contributed by atoms with Crippen molar-refractivity contribution in [3.8, 4) is 11.5 Å². The largest absolute Gasteiger partial charge is 0.493 e. The Morgan fingerprint density at radius 3 is 2.54 bits per heavy atom. The summed E-state index contributed by atoms with van der Waals surface area (Å²) in [5.41, 5.74) is 0.280. The molecule has 2 aromatic carbocycles. The summed E-state index contributed by atoms with van der Waals surface area (Å²) in [5.74, 6) is -2.11. The van der Waals surface area contributed by atoms with Crippen molar-refractivity contribution in [2.24, 2.45) is 0 Å². The van der Waals surface area contributed by atoms with Gasteiger partial charge < -0.3 is 14.6 Å². The van der Waals surface area contributed by atoms with Crippen LogP contribution in [0.4, 0.5) is 4.39 Å². The first-order valence-corrected chi connectivity index (χ1v) is 8.27. The predicted molar refractivity (Wildman–Crippen MR) is 88.5 cm³/mol. The molecule has 0 heterocycles. The second-order valence-electron chi connectivity index (χ2n) is 4.77. The molecule has 2 aromatic rings. The summed E-state index contributed by atoms with van der Waals surface area (Å²) in [7, 11) is 1.34. The lowest BCUT2D eigenvalue weighted by Crippen LogP contribution is -2.13. The normalized spacial score (nSPS) is 10.3. The standard InChI is InChI=1S/C17H15FO5S/c1-22-14-8-10(16(19)20)7-11(9-24-2)15(14)23-17(21)12-5-3-4-6-13(12)18/h3-8H,9H2,1-2H3,(H,19,20). The zero-order valence-electron chi connectivity index (χ0n) is 13.0. The minimum Gasteiger partial charge on any atom is -0.493 e. The summed E-state index contributed by atoms with van der Waals surface area (Å²) in [6.45, 7) is 0. The number of aromatic carboxylic acids is 1. The second-order valence-corrected chi connectivity index (χ2v) is 5.64. The fourth-order valence-corrected chi connectivity index (χ4v) is 2.61. The molecule has 0 saturated carbocycles. The molecule has 0 fully saturated rings. The number of carbonyl (C=O) groups is 2. The van der Waals surface area contributed by atoms with Gasteiger partial charge in [-0.25, -0.2) is 14.0 Å². The van der Waals surface area contributed by atoms with Gasteiger partial charge in [0.2, 0.25) is 0 Å². The van der Waals surface area contributed by atoms with Crippen molar-refractivity contribution in [1.29, 1.82) is 0 Å². The molecule has 0 aliphatic carbocycles. The number of halogens is 1. The molecule has 5 nitrogen and oxygen atoms in total. The first kappa shape index (κ1) is 17.8. The number of carbonyl (C=O) groups excluding carboxylic acids is 1. The predicted octanol–water partition coefficient (Wildman–Crippen LogP) is 3.61. The maximum Gasteiger partial charge on any atom is 0.346 e. The van der Waals surface area contributed by atoms with Crippen LogP contribution in [0.2, 0.25) is 0 Å². The van der Waals surface area contributed by atoms with Crippen LogP contribution < -0.4 is 9.47 Å². The number of carboxylic acid groups (broad SMARTS) is 1. The number of methoxy groups -OCH3 is 1. The molecule has 2 rings (SSSR count). The van der Waals surface area contributed by atoms with Crippen LogP contribution in [-0.4, -0.2) is 30.4 Å². The third-order valence-corrected chi connectivity index (χ3v) is 3.79. The Bertz CT molecular complexity index is 776. The van der Waals surface area contributed by atoms with Crippen LogP contribution >= 0.6 is 11.8 Å². The Labute approximate surface area is 142 Å². The zero-order chi connectivity index (χ0) is 17.7. The highest BCUT2D eigenvalue weighted by atomic mass is 32.2. The van der Waals surface area contributed by atoms with Crippen molar-refractivity contribution in [1.82, 2.24) is 0 Å². The van der Waals surface area contributed by atoms with Crippen molar-refractivity contribution in [2.75, 3.05) is 13.4 Å². The molecule has 0 atom stereocenters. The molecule has 0 aliphatic rings. The molecular formula is C17H15FO5S. The number of ether oxygens (including phenoxy) is 2. The average molecular weight is 350 g/mol. The van der Waals surface area contributed by atoms with E-state index in [1.165, 1.54) is 49.2 Å². The number of benzene rings is 2. The number of hydrogen-bond donors (Lipinski definition) is 1. The first-order valence-electron chi connectivity index (χ1n) is 6.87. The quantitative estimate of drug-likeness (QED) is 0.634. The maximum atomic E-state index is 13.7. The minimum absolute atomic E-state index is 0.0154. The van der Waals surface area contributed by atoms with Gasteiger partial charge in [0.15, 0.2) is 11.5 Å². The summed E-state index contributed by atoms with van der Waals surface area (Å²) < 4.78 is 24.2. The highest BCUT2D eigenvalue weighted by Crippen LogP contribution is 2.35. The van der Waals surface area contributed by atoms with Gasteiger partial charge in [0.1, 0.15) is 5.82 Å². The molecule has 0 unspecified atom stereocenters. The van der Waals surface area contributed by atoms with Crippen LogP contribution in [0.1, 0.15) is 26.3 Å². The van der Waals surface area contributed by atoms with E-state index in [2.05, 4.69) is 0 Å². The minimum atomic E-state index is -1.12. The lowest BCUT2D eigenvalue weighted by Gasteiger charge is -2.15. The summed E-state index contributed by atoms with van der Waals surface area (Å²) in [6.07, 6.45) is 1.82. The molecule has 0 radical (unpaired) electrons. The summed E-state index contributed by atoms with van der Waals surface area (Å²) in [6, 6.07) is 8.12. The smallest absolute Gasteiger partial charge is 0.346 e. The molecule has 126 valence electrons. The molecular weight excluding hydrogens is 335 g/mol. The Hall–Kier alpha value is -2.54. The molecule has 7 heteroatoms. The van der Waals surface area contributed by atoms with Crippen molar-refractivity contribution in [3.63, 3.8) is 0 Å². The zero-order valence-corrected chi connectivity index (χ0v) is 13.9. The van der Waals surface area contributed by atoms with Crippen LogP contribution in [0.25, 0.3) is 0 Å². The Kier molecular flexibility index (Phi) is 5.81. The fourth-order valence-electron chi connectivity index (χ4n) is 2.09. The highest BCUT2D eigenvalue weighted by Gasteiger charge is 2.21. The van der Waals surface area contributed by atoms with Gasteiger partial charge in [-0.2, -0.15) is 11.8 Å². The maximum absolute atomic E-state index is 13.7. The van der Waals surface area contributed by atoms with Crippen molar-refractivity contribution in [3.05, 3.63) is 58.9 Å². The molecule has 1 N–H and O–H groups in total. The third-order valence-electron chi connectivity index (χ3n) is 3.19. The second kappa shape index (κ2) is 7.83. The Morgan fingerprint density at radius 1 is 1.25 bits per heavy atom. The molecule has 0 amide bonds. The van der Waals surface area contributed by atoms with E-state index in [-0.39, 0.29) is 22.6 Å². The van der Waals surface area contributed by atoms with Crippen LogP contribution in [0, 0.1) is 5.82 Å². The van der Waals surface area contributed by atoms with E-state index in [1.807, 2.05) is 6.26 Å². The van der Waals surface area contributed by atoms with Gasteiger partial charge in [-0.3, -0.25) is 0 Å². The van der Waals surface area contributed by atoms with Crippen molar-refractivity contribution >= 4 is 23.7 Å². The SMILES string of the molecule is COc1cc(C(=O)O)cc(CSC)c1OC(=O)c1ccccc1F. The van der Waals surface area contributed by atoms with Crippen molar-refractivity contribution < 1.29 is 28.6 Å². The van der Waals surface area contributed by atoms with Crippen LogP contribution in [0.3, 0.4) is 0 Å². The van der Waals surface area contributed by atoms with E-state index in [0.717, 1.165) is 6.07 Å². The summed E-state index contributed by atoms with van der Waals surface area (Å²) in [5, 5.41) is 9.16. The van der Waals surface area contributed by atoms with Gasteiger partial charge in [0.05, 0.1) is 18.2 Å². The lowest BCUT2D eigenvalue weighted by atomic mass is 10.1. The van der Waals surface area contributed by atoms with Gasteiger partial charge >= 0.3 is 11.9 Å². The lowest BCUT2D eigenvalue weighted by molar-refractivity contribution is 0.0696. The van der Waals surface area contributed by atoms with Crippen LogP contribution in [-0.2, 0) is 5.75 Å². The molecule has 0 bridgehead atoms. The number of esters is 1. The Balaban J connectivity index is 2.46. The number of rotatable bonds is 6. The third kappa shape index (κ3) is 3.86. The topological polar surface area (TPSA) is 72.8 Å². The van der Waals surface area contributed by atoms with Gasteiger partial charge in [0.25, 0.3) is 0 Å². The van der Waals surface area contributed by atoms with Crippen molar-refractivity contribution in [2.45, 2.75) is 5.75 Å². The van der Waals surface area contributed by atoms with E-state index >= 15 is 0 Å². The van der Waals surface area contributed by atoms with E-state index in [9.17, 15) is 14.0 Å². The van der Waals surface area contributed by atoms with Crippen LogP contribution in [0.15, 0.2) is 36.4 Å². The molecule has 0 aliphatic heterocycles. The summed E-state index contributed by atoms with van der Waals surface area (Å²) >= 11 is 1.42. The van der Waals surface area contributed by atoms with Gasteiger partial charge in [0, 0.05) is 11.3 Å². The van der Waals surface area contributed by atoms with E-state index in [1.54, 1.807) is 0 Å². The van der Waals surface area contributed by atoms with Crippen LogP contribution in [0.5, 0.6) is 11.5 Å². The first-order chi connectivity index (χ1) is 11.5. The number of hydrogen-bond acceptors (Lipinski definition) is 5. The monoisotopic (exact) mass is 350 g/mol. The van der Waals surface area contributed by atoms with Gasteiger partial charge in [-0.05, 0) is 30.5 Å². The van der Waals surface area contributed by atoms with E-state index in [4.69, 9.17) is 14.6 Å². The van der Waals surface area contributed by atoms with Gasteiger partial charge in [-0.15, -0.1) is 0 Å². The molecule has 24 heavy (non-hydrogen) atoms.